The van der Waals surface area contributed by atoms with Crippen molar-refractivity contribution in [2.75, 3.05) is 12.5 Å². The number of nitrogens with zero attached hydrogens (tertiary/aromatic N) is 1. The minimum absolute atomic E-state index is 0.169. The molecule has 0 bridgehead atoms. The molecule has 0 fully saturated rings. The van der Waals surface area contributed by atoms with Crippen LogP contribution in [0.15, 0.2) is 18.3 Å². The molecular formula is C39H60ClNO4. The van der Waals surface area contributed by atoms with Crippen molar-refractivity contribution >= 4 is 17.6 Å². The van der Waals surface area contributed by atoms with Crippen LogP contribution in [-0.4, -0.2) is 29.0 Å². The van der Waals surface area contributed by atoms with Gasteiger partial charge in [0.2, 0.25) is 0 Å². The first kappa shape index (κ1) is 37.2. The molecule has 252 valence electrons. The Morgan fingerprint density at radius 1 is 0.911 bits per heavy atom. The van der Waals surface area contributed by atoms with E-state index in [2.05, 4.69) is 46.5 Å². The van der Waals surface area contributed by atoms with Gasteiger partial charge in [-0.1, -0.05) is 72.6 Å². The topological polar surface area (TPSA) is 57.7 Å². The van der Waals surface area contributed by atoms with Gasteiger partial charge < -0.3 is 14.2 Å². The molecule has 1 aromatic heterocycles. The van der Waals surface area contributed by atoms with Crippen LogP contribution in [-0.2, 0) is 6.42 Å². The monoisotopic (exact) mass is 641 g/mol. The molecule has 0 N–H and O–H groups in total. The van der Waals surface area contributed by atoms with Crippen molar-refractivity contribution < 1.29 is 19.0 Å². The maximum Gasteiger partial charge on any atom is 0.362 e. The number of pyridine rings is 1. The van der Waals surface area contributed by atoms with E-state index in [1.807, 2.05) is 13.8 Å². The van der Waals surface area contributed by atoms with Crippen molar-refractivity contribution in [3.05, 3.63) is 46.3 Å². The summed E-state index contributed by atoms with van der Waals surface area (Å²) >= 11 is 5.72. The van der Waals surface area contributed by atoms with Gasteiger partial charge in [0, 0.05) is 11.4 Å². The Hall–Kier alpha value is -2.27. The molecule has 1 aliphatic rings. The molecule has 0 spiro atoms. The van der Waals surface area contributed by atoms with Crippen LogP contribution in [0.5, 0.6) is 17.2 Å². The molecule has 45 heavy (non-hydrogen) atoms. The van der Waals surface area contributed by atoms with E-state index in [9.17, 15) is 4.79 Å². The molecule has 0 amide bonds. The summed E-state index contributed by atoms with van der Waals surface area (Å²) in [6.45, 7) is 18.5. The summed E-state index contributed by atoms with van der Waals surface area (Å²) in [6, 6.07) is 3.41. The van der Waals surface area contributed by atoms with Gasteiger partial charge in [-0.05, 0) is 113 Å². The zero-order valence-electron chi connectivity index (χ0n) is 29.5. The number of esters is 1. The van der Waals surface area contributed by atoms with E-state index in [1.165, 1.54) is 51.4 Å². The third-order valence-electron chi connectivity index (χ3n) is 9.78. The second-order valence-electron chi connectivity index (χ2n) is 14.4. The fourth-order valence-corrected chi connectivity index (χ4v) is 6.72. The molecule has 0 radical (unpaired) electrons. The quantitative estimate of drug-likeness (QED) is 0.0661. The fraction of sp³-hybridized carbons (Fsp3) is 0.692. The van der Waals surface area contributed by atoms with E-state index >= 15 is 0 Å². The van der Waals surface area contributed by atoms with Crippen molar-refractivity contribution in [2.24, 2.45) is 17.8 Å². The third-order valence-corrected chi connectivity index (χ3v) is 10.0. The standard InChI is InChI=1S/C39H60ClNO4/c1-27(2)14-11-15-28(3)16-12-17-29(4)18-13-22-39(8)23-21-34-32(7)36(30(5)31(6)37(34)45-39)44-38(42)35-20-19-33(26-41-35)43-25-10-9-24-40/h19-20,26-29H,9-18,21-25H2,1-8H3. The first-order valence-corrected chi connectivity index (χ1v) is 18.2. The predicted molar refractivity (Wildman–Crippen MR) is 187 cm³/mol. The molecule has 2 aromatic rings. The lowest BCUT2D eigenvalue weighted by Gasteiger charge is -2.38. The van der Waals surface area contributed by atoms with E-state index in [0.29, 0.717) is 24.0 Å². The van der Waals surface area contributed by atoms with Crippen LogP contribution in [0.2, 0.25) is 0 Å². The van der Waals surface area contributed by atoms with Gasteiger partial charge in [-0.3, -0.25) is 0 Å². The zero-order valence-corrected chi connectivity index (χ0v) is 30.3. The van der Waals surface area contributed by atoms with Crippen LogP contribution < -0.4 is 14.2 Å². The van der Waals surface area contributed by atoms with Gasteiger partial charge in [-0.25, -0.2) is 9.78 Å². The summed E-state index contributed by atoms with van der Waals surface area (Å²) in [5, 5.41) is 0. The van der Waals surface area contributed by atoms with Crippen LogP contribution >= 0.6 is 11.6 Å². The normalized spacial score (nSPS) is 17.5. The maximum atomic E-state index is 13.1. The lowest BCUT2D eigenvalue weighted by atomic mass is 9.83. The molecular weight excluding hydrogens is 582 g/mol. The number of benzene rings is 1. The van der Waals surface area contributed by atoms with Gasteiger partial charge in [0.25, 0.3) is 0 Å². The van der Waals surface area contributed by atoms with Crippen LogP contribution in [0.3, 0.4) is 0 Å². The van der Waals surface area contributed by atoms with Crippen molar-refractivity contribution in [3.63, 3.8) is 0 Å². The summed E-state index contributed by atoms with van der Waals surface area (Å²) in [6.07, 6.45) is 16.9. The van der Waals surface area contributed by atoms with Gasteiger partial charge in [-0.15, -0.1) is 11.6 Å². The molecule has 1 aromatic carbocycles. The lowest BCUT2D eigenvalue weighted by Crippen LogP contribution is -2.37. The zero-order chi connectivity index (χ0) is 33.0. The van der Waals surface area contributed by atoms with Gasteiger partial charge in [-0.2, -0.15) is 0 Å². The number of hydrogen-bond acceptors (Lipinski definition) is 5. The largest absolute Gasteiger partial charge is 0.492 e. The number of alkyl halides is 1. The SMILES string of the molecule is Cc1c(C)c2c(c(C)c1OC(=O)c1ccc(OCCCCCl)cn1)CCC(C)(CCCC(C)CCCC(C)CCCC(C)C)O2. The number of aromatic nitrogens is 1. The lowest BCUT2D eigenvalue weighted by molar-refractivity contribution is 0.0508. The molecule has 3 atom stereocenters. The highest BCUT2D eigenvalue weighted by Crippen LogP contribution is 2.45. The number of ether oxygens (including phenoxy) is 3. The van der Waals surface area contributed by atoms with Crippen molar-refractivity contribution in [1.29, 1.82) is 0 Å². The van der Waals surface area contributed by atoms with Gasteiger partial charge in [0.05, 0.1) is 12.8 Å². The second kappa shape index (κ2) is 18.2. The Bertz CT molecular complexity index is 1210. The van der Waals surface area contributed by atoms with Gasteiger partial charge in [0.1, 0.15) is 28.5 Å². The number of fused-ring (bicyclic) bond motifs is 1. The van der Waals surface area contributed by atoms with Crippen LogP contribution in [0.4, 0.5) is 0 Å². The van der Waals surface area contributed by atoms with E-state index in [1.54, 1.807) is 18.3 Å². The molecule has 0 saturated carbocycles. The predicted octanol–water partition coefficient (Wildman–Crippen LogP) is 11.1. The molecule has 1 aliphatic heterocycles. The first-order valence-electron chi connectivity index (χ1n) is 17.6. The molecule has 0 aliphatic carbocycles. The van der Waals surface area contributed by atoms with E-state index in [0.717, 1.165) is 77.9 Å². The van der Waals surface area contributed by atoms with Gasteiger partial charge >= 0.3 is 5.97 Å². The summed E-state index contributed by atoms with van der Waals surface area (Å²) in [7, 11) is 0. The number of hydrogen-bond donors (Lipinski definition) is 0. The van der Waals surface area contributed by atoms with E-state index in [4.69, 9.17) is 25.8 Å². The number of unbranched alkanes of at least 4 members (excludes halogenated alkanes) is 1. The Morgan fingerprint density at radius 3 is 2.20 bits per heavy atom. The maximum absolute atomic E-state index is 13.1. The summed E-state index contributed by atoms with van der Waals surface area (Å²) in [5.41, 5.74) is 4.21. The number of carbonyl (C=O) groups excluding carboxylic acids is 1. The van der Waals surface area contributed by atoms with E-state index in [-0.39, 0.29) is 11.3 Å². The molecule has 5 nitrogen and oxygen atoms in total. The third kappa shape index (κ3) is 11.5. The minimum Gasteiger partial charge on any atom is -0.492 e. The van der Waals surface area contributed by atoms with Crippen LogP contribution in [0.1, 0.15) is 144 Å². The first-order chi connectivity index (χ1) is 21.4. The van der Waals surface area contributed by atoms with Crippen LogP contribution in [0, 0.1) is 38.5 Å². The molecule has 2 heterocycles. The highest BCUT2D eigenvalue weighted by atomic mass is 35.5. The summed E-state index contributed by atoms with van der Waals surface area (Å²) < 4.78 is 18.4. The molecule has 3 rings (SSSR count). The molecule has 0 saturated heterocycles. The van der Waals surface area contributed by atoms with Crippen molar-refractivity contribution in [2.45, 2.75) is 144 Å². The average Bonchev–Trinajstić information content (AvgIpc) is 3.00. The Labute approximate surface area is 279 Å². The summed E-state index contributed by atoms with van der Waals surface area (Å²) in [5.74, 6) is 4.82. The Morgan fingerprint density at radius 2 is 1.58 bits per heavy atom. The van der Waals surface area contributed by atoms with Crippen molar-refractivity contribution in [3.8, 4) is 17.2 Å². The Balaban J connectivity index is 1.52. The smallest absolute Gasteiger partial charge is 0.362 e. The number of carbonyl (C=O) groups is 1. The highest BCUT2D eigenvalue weighted by Gasteiger charge is 2.35. The summed E-state index contributed by atoms with van der Waals surface area (Å²) in [4.78, 5) is 17.4. The van der Waals surface area contributed by atoms with Gasteiger partial charge in [0.15, 0.2) is 0 Å². The van der Waals surface area contributed by atoms with Crippen LogP contribution in [0.25, 0.3) is 0 Å². The second-order valence-corrected chi connectivity index (χ2v) is 14.8. The molecule has 6 heteroatoms. The van der Waals surface area contributed by atoms with E-state index < -0.39 is 5.97 Å². The number of halogens is 1. The minimum atomic E-state index is -0.467. The number of rotatable bonds is 19. The highest BCUT2D eigenvalue weighted by molar-refractivity contribution is 6.17. The van der Waals surface area contributed by atoms with Crippen molar-refractivity contribution in [1.82, 2.24) is 4.98 Å². The fourth-order valence-electron chi connectivity index (χ4n) is 6.53. The molecule has 3 unspecified atom stereocenters. The Kier molecular flexibility index (Phi) is 15.0. The average molecular weight is 642 g/mol.